The van der Waals surface area contributed by atoms with Crippen LogP contribution in [0.1, 0.15) is 78.4 Å². The van der Waals surface area contributed by atoms with E-state index in [1.165, 1.54) is 30.0 Å². The van der Waals surface area contributed by atoms with Crippen molar-refractivity contribution in [2.24, 2.45) is 0 Å². The largest absolute Gasteiger partial charge is 0.469 e. The average molecular weight is 677 g/mol. The molecule has 2 aliphatic rings. The predicted molar refractivity (Wildman–Crippen MR) is 175 cm³/mol. The highest BCUT2D eigenvalue weighted by Crippen LogP contribution is 2.48. The van der Waals surface area contributed by atoms with Crippen LogP contribution < -0.4 is 11.2 Å². The molecule has 0 spiro atoms. The van der Waals surface area contributed by atoms with Crippen molar-refractivity contribution in [1.82, 2.24) is 9.13 Å². The predicted octanol–water partition coefficient (Wildman–Crippen LogP) is 4.50. The highest BCUT2D eigenvalue weighted by Gasteiger charge is 2.62. The summed E-state index contributed by atoms with van der Waals surface area (Å²) in [6.07, 6.45) is -2.20. The third kappa shape index (κ3) is 6.79. The first kappa shape index (κ1) is 36.1. The Labute approximate surface area is 272 Å². The highest BCUT2D eigenvalue weighted by atomic mass is 28.5. The Balaban J connectivity index is 1.85. The molecule has 0 radical (unpaired) electrons. The summed E-state index contributed by atoms with van der Waals surface area (Å²) >= 11 is 0. The molecule has 12 nitrogen and oxygen atoms in total. The Hall–Kier alpha value is -2.73. The summed E-state index contributed by atoms with van der Waals surface area (Å²) < 4.78 is 40.8. The summed E-state index contributed by atoms with van der Waals surface area (Å²) in [5.74, 6) is -1.23. The maximum absolute atomic E-state index is 13.9. The number of rotatable bonds is 10. The van der Waals surface area contributed by atoms with Crippen molar-refractivity contribution in [2.75, 3.05) is 20.3 Å². The van der Waals surface area contributed by atoms with Crippen molar-refractivity contribution in [3.63, 3.8) is 0 Å². The Bertz CT molecular complexity index is 1470. The number of nitrogens with zero attached hydrogens (tertiary/aromatic N) is 2. The highest BCUT2D eigenvalue weighted by molar-refractivity contribution is 6.84. The van der Waals surface area contributed by atoms with Crippen LogP contribution in [0, 0.1) is 0 Å². The van der Waals surface area contributed by atoms with E-state index in [4.69, 9.17) is 27.2 Å². The Morgan fingerprint density at radius 3 is 2.09 bits per heavy atom. The molecule has 0 bridgehead atoms. The van der Waals surface area contributed by atoms with Gasteiger partial charge in [0, 0.05) is 17.8 Å². The van der Waals surface area contributed by atoms with Gasteiger partial charge < -0.3 is 27.2 Å². The molecule has 3 heterocycles. The van der Waals surface area contributed by atoms with Crippen molar-refractivity contribution in [3.05, 3.63) is 69.0 Å². The number of esters is 1. The first-order chi connectivity index (χ1) is 21.7. The van der Waals surface area contributed by atoms with Crippen LogP contribution in [0.4, 0.5) is 0 Å². The van der Waals surface area contributed by atoms with Gasteiger partial charge in [-0.15, -0.1) is 0 Å². The zero-order valence-electron chi connectivity index (χ0n) is 28.3. The second-order valence-electron chi connectivity index (χ2n) is 13.1. The minimum atomic E-state index is -3.11. The summed E-state index contributed by atoms with van der Waals surface area (Å²) in [5.41, 5.74) is -1.23. The number of aromatic nitrogens is 2. The lowest BCUT2D eigenvalue weighted by Gasteiger charge is -2.51. The van der Waals surface area contributed by atoms with Gasteiger partial charge in [-0.3, -0.25) is 19.0 Å². The molecule has 1 unspecified atom stereocenters. The molecule has 2 fully saturated rings. The number of ether oxygens (including phenoxy) is 3. The molecule has 0 aliphatic carbocycles. The zero-order valence-corrected chi connectivity index (χ0v) is 30.3. The van der Waals surface area contributed by atoms with Crippen LogP contribution in [-0.4, -0.2) is 76.8 Å². The van der Waals surface area contributed by atoms with Crippen molar-refractivity contribution in [2.45, 2.75) is 109 Å². The van der Waals surface area contributed by atoms with Crippen LogP contribution in [0.5, 0.6) is 0 Å². The van der Waals surface area contributed by atoms with E-state index in [0.717, 1.165) is 6.07 Å². The maximum atomic E-state index is 13.9. The molecule has 0 N–H and O–H groups in total. The summed E-state index contributed by atoms with van der Waals surface area (Å²) in [6.45, 7) is 16.9. The van der Waals surface area contributed by atoms with E-state index in [1.54, 1.807) is 18.2 Å². The van der Waals surface area contributed by atoms with Crippen LogP contribution in [-0.2, 0) is 32.0 Å². The van der Waals surface area contributed by atoms with E-state index in [2.05, 4.69) is 55.4 Å². The third-order valence-electron chi connectivity index (χ3n) is 8.97. The molecule has 4 rings (SSSR count). The monoisotopic (exact) mass is 676 g/mol. The standard InChI is InChI=1S/C32H48N2O10Si2/c1-20(2)45(21(3)4)41-19-25-28(43-46(44-45,22(5)6)23(7)8)29(40-18-16-27(36)39-9)31(42-25)33-17-15-26(35)34(32(33)38)30(37)24-13-11-10-12-14-24/h10-15,17,20-23,25,28-29,31H,16,18-19H2,1-9H3/t25-,28+,29?,31-/m1/s1. The minimum Gasteiger partial charge on any atom is -0.469 e. The molecule has 2 saturated heterocycles. The van der Waals surface area contributed by atoms with E-state index in [-0.39, 0.29) is 47.4 Å². The first-order valence-electron chi connectivity index (χ1n) is 16.0. The fourth-order valence-corrected chi connectivity index (χ4v) is 17.7. The SMILES string of the molecule is COC(=O)CCOC1[C@H]2O[Si](C(C)C)(C(C)C)O[Si](C(C)C)(C(C)C)OC[C@H]2O[C@H]1n1ccc(=O)n(C(=O)c2ccccc2)c1=O. The molecule has 0 amide bonds. The summed E-state index contributed by atoms with van der Waals surface area (Å²) in [4.78, 5) is 52.3. The number of fused-ring (bicyclic) bond motifs is 1. The average Bonchev–Trinajstić information content (AvgIpc) is 3.32. The second-order valence-corrected chi connectivity index (χ2v) is 22.0. The van der Waals surface area contributed by atoms with E-state index in [0.29, 0.717) is 4.57 Å². The van der Waals surface area contributed by atoms with Crippen LogP contribution in [0.15, 0.2) is 52.2 Å². The first-order valence-corrected chi connectivity index (χ1v) is 19.9. The van der Waals surface area contributed by atoms with Gasteiger partial charge in [-0.25, -0.2) is 4.79 Å². The van der Waals surface area contributed by atoms with E-state index in [9.17, 15) is 19.2 Å². The van der Waals surface area contributed by atoms with Crippen LogP contribution >= 0.6 is 0 Å². The molecule has 0 saturated carbocycles. The molecule has 1 aromatic carbocycles. The summed E-state index contributed by atoms with van der Waals surface area (Å²) in [5, 5.41) is 0. The van der Waals surface area contributed by atoms with E-state index in [1.807, 2.05) is 0 Å². The lowest BCUT2D eigenvalue weighted by atomic mass is 10.1. The number of benzene rings is 1. The van der Waals surface area contributed by atoms with Crippen molar-refractivity contribution < 1.29 is 36.8 Å². The van der Waals surface area contributed by atoms with Gasteiger partial charge in [0.05, 0.1) is 26.7 Å². The van der Waals surface area contributed by atoms with Gasteiger partial charge in [0.15, 0.2) is 6.23 Å². The van der Waals surface area contributed by atoms with Gasteiger partial charge in [0.1, 0.15) is 18.3 Å². The lowest BCUT2D eigenvalue weighted by Crippen LogP contribution is -2.66. The molecule has 46 heavy (non-hydrogen) atoms. The molecular weight excluding hydrogens is 629 g/mol. The third-order valence-corrected chi connectivity index (χ3v) is 19.2. The quantitative estimate of drug-likeness (QED) is 0.262. The molecule has 1 aromatic heterocycles. The smallest absolute Gasteiger partial charge is 0.340 e. The van der Waals surface area contributed by atoms with E-state index >= 15 is 0 Å². The molecule has 2 aliphatic heterocycles. The Morgan fingerprint density at radius 2 is 1.52 bits per heavy atom. The van der Waals surface area contributed by atoms with Gasteiger partial charge in [-0.05, 0) is 34.3 Å². The van der Waals surface area contributed by atoms with Crippen LogP contribution in [0.3, 0.4) is 0 Å². The minimum absolute atomic E-state index is 0.0158. The van der Waals surface area contributed by atoms with Gasteiger partial charge in [0.25, 0.3) is 11.5 Å². The fourth-order valence-electron chi connectivity index (χ4n) is 6.49. The topological polar surface area (TPSA) is 134 Å². The lowest BCUT2D eigenvalue weighted by molar-refractivity contribution is -0.143. The van der Waals surface area contributed by atoms with Gasteiger partial charge in [-0.2, -0.15) is 4.57 Å². The van der Waals surface area contributed by atoms with Crippen LogP contribution in [0.2, 0.25) is 22.2 Å². The van der Waals surface area contributed by atoms with Crippen molar-refractivity contribution in [3.8, 4) is 0 Å². The van der Waals surface area contributed by atoms with Crippen LogP contribution in [0.25, 0.3) is 0 Å². The van der Waals surface area contributed by atoms with Gasteiger partial charge in [0.2, 0.25) is 0 Å². The normalized spacial score (nSPS) is 24.2. The number of carbonyl (C=O) groups excluding carboxylic acids is 2. The van der Waals surface area contributed by atoms with Crippen molar-refractivity contribution >= 4 is 29.0 Å². The van der Waals surface area contributed by atoms with E-state index < -0.39 is 64.8 Å². The second kappa shape index (κ2) is 14.6. The number of hydrogen-bond acceptors (Lipinski definition) is 10. The molecule has 254 valence electrons. The summed E-state index contributed by atoms with van der Waals surface area (Å²) in [6, 6.07) is 9.25. The fraction of sp³-hybridized carbons (Fsp3) is 0.625. The zero-order chi connectivity index (χ0) is 34.0. The van der Waals surface area contributed by atoms with Gasteiger partial charge in [-0.1, -0.05) is 73.6 Å². The van der Waals surface area contributed by atoms with Gasteiger partial charge >= 0.3 is 28.8 Å². The molecule has 2 aromatic rings. The maximum Gasteiger partial charge on any atom is 0.340 e. The number of methoxy groups -OCH3 is 1. The molecular formula is C32H48N2O10Si2. The molecule has 4 atom stereocenters. The summed E-state index contributed by atoms with van der Waals surface area (Å²) in [7, 11) is -4.71. The Morgan fingerprint density at radius 1 is 0.913 bits per heavy atom. The molecule has 14 heteroatoms. The number of carbonyl (C=O) groups is 2. The number of hydrogen-bond donors (Lipinski definition) is 0. The van der Waals surface area contributed by atoms with Crippen molar-refractivity contribution in [1.29, 1.82) is 0 Å². The Kier molecular flexibility index (Phi) is 11.4.